The number of halogens is 2. The monoisotopic (exact) mass is 263 g/mol. The van der Waals surface area contributed by atoms with Crippen LogP contribution < -0.4 is 11.4 Å². The van der Waals surface area contributed by atoms with Crippen LogP contribution in [0.4, 0.5) is 14.6 Å². The number of hydrogen-bond acceptors (Lipinski definition) is 6. The first-order valence-electron chi connectivity index (χ1n) is 5.03. The van der Waals surface area contributed by atoms with Crippen LogP contribution in [0.2, 0.25) is 0 Å². The average molecular weight is 263 g/mol. The number of nitrogens with zero attached hydrogens (tertiary/aromatic N) is 2. The molecule has 1 aliphatic rings. The molecule has 0 bridgehead atoms. The summed E-state index contributed by atoms with van der Waals surface area (Å²) in [5.41, 5.74) is 4.33. The highest BCUT2D eigenvalue weighted by atomic mass is 19.2. The third-order valence-corrected chi connectivity index (χ3v) is 2.66. The predicted molar refractivity (Wildman–Crippen MR) is 54.9 cm³/mol. The maximum Gasteiger partial charge on any atom is 0.351 e. The molecule has 1 fully saturated rings. The molecule has 2 rings (SSSR count). The normalized spacial score (nSPS) is 35.9. The molecule has 7 nitrogen and oxygen atoms in total. The molecule has 4 N–H and O–H groups in total. The molecule has 0 spiro atoms. The molecular weight excluding hydrogens is 252 g/mol. The van der Waals surface area contributed by atoms with Crippen LogP contribution >= 0.6 is 0 Å². The largest absolute Gasteiger partial charge is 0.390 e. The topological polar surface area (TPSA) is 111 Å². The molecule has 1 aliphatic heterocycles. The molecule has 18 heavy (non-hydrogen) atoms. The Labute approximate surface area is 99.4 Å². The summed E-state index contributed by atoms with van der Waals surface area (Å²) >= 11 is 0. The first-order chi connectivity index (χ1) is 8.39. The second-order valence-electron chi connectivity index (χ2n) is 3.89. The van der Waals surface area contributed by atoms with E-state index < -0.39 is 36.7 Å². The van der Waals surface area contributed by atoms with Crippen molar-refractivity contribution in [2.45, 2.75) is 24.4 Å². The summed E-state index contributed by atoms with van der Waals surface area (Å²) in [5.74, 6) is -3.13. The van der Waals surface area contributed by atoms with Crippen molar-refractivity contribution >= 4 is 5.82 Å². The van der Waals surface area contributed by atoms with Gasteiger partial charge in [-0.1, -0.05) is 0 Å². The summed E-state index contributed by atoms with van der Waals surface area (Å²) in [6.07, 6.45) is -4.94. The van der Waals surface area contributed by atoms with Gasteiger partial charge in [-0.3, -0.25) is 4.57 Å². The molecule has 1 aromatic rings. The molecule has 1 saturated heterocycles. The molecule has 0 aromatic carbocycles. The molecule has 0 amide bonds. The van der Waals surface area contributed by atoms with E-state index in [-0.39, 0.29) is 5.82 Å². The van der Waals surface area contributed by atoms with E-state index in [9.17, 15) is 18.7 Å². The van der Waals surface area contributed by atoms with Gasteiger partial charge in [0.05, 0.1) is 0 Å². The summed E-state index contributed by atoms with van der Waals surface area (Å²) in [4.78, 5) is 14.8. The van der Waals surface area contributed by atoms with E-state index in [4.69, 9.17) is 10.8 Å². The number of aliphatic hydroxyl groups excluding tert-OH is 2. The van der Waals surface area contributed by atoms with E-state index in [0.29, 0.717) is 4.57 Å². The maximum absolute atomic E-state index is 13.7. The van der Waals surface area contributed by atoms with E-state index in [1.54, 1.807) is 0 Å². The summed E-state index contributed by atoms with van der Waals surface area (Å²) in [5, 5.41) is 18.2. The molecule has 2 heterocycles. The fourth-order valence-electron chi connectivity index (χ4n) is 1.70. The van der Waals surface area contributed by atoms with Crippen molar-refractivity contribution in [1.29, 1.82) is 0 Å². The minimum Gasteiger partial charge on any atom is -0.390 e. The molecule has 9 heteroatoms. The Morgan fingerprint density at radius 1 is 1.67 bits per heavy atom. The Balaban J connectivity index is 2.38. The number of ether oxygens (including phenoxy) is 1. The molecule has 0 unspecified atom stereocenters. The number of nitrogen functional groups attached to an aromatic ring is 1. The van der Waals surface area contributed by atoms with Crippen LogP contribution in [-0.4, -0.2) is 44.5 Å². The highest BCUT2D eigenvalue weighted by Crippen LogP contribution is 2.39. The summed E-state index contributed by atoms with van der Waals surface area (Å²) in [6.45, 7) is -1.28. The molecule has 0 aliphatic carbocycles. The van der Waals surface area contributed by atoms with Gasteiger partial charge in [-0.05, 0) is 6.07 Å². The van der Waals surface area contributed by atoms with Gasteiger partial charge >= 0.3 is 5.69 Å². The zero-order valence-electron chi connectivity index (χ0n) is 9.03. The Kier molecular flexibility index (Phi) is 3.05. The van der Waals surface area contributed by atoms with Crippen LogP contribution in [0.5, 0.6) is 0 Å². The van der Waals surface area contributed by atoms with E-state index >= 15 is 0 Å². The van der Waals surface area contributed by atoms with Gasteiger partial charge in [0, 0.05) is 6.20 Å². The van der Waals surface area contributed by atoms with Crippen LogP contribution in [-0.2, 0) is 4.74 Å². The minimum atomic E-state index is -3.05. The number of rotatable bonds is 2. The molecular formula is C9H11F2N3O4. The SMILES string of the molecule is Nc1ccn([C@@H]2O[C@](F)(CO)[C@H](F)[C@H]2O)c(=O)n1. The fraction of sp³-hybridized carbons (Fsp3) is 0.556. The van der Waals surface area contributed by atoms with Crippen molar-refractivity contribution < 1.29 is 23.7 Å². The molecule has 0 saturated carbocycles. The zero-order valence-corrected chi connectivity index (χ0v) is 9.03. The first-order valence-corrected chi connectivity index (χ1v) is 5.03. The lowest BCUT2D eigenvalue weighted by molar-refractivity contribution is -0.196. The van der Waals surface area contributed by atoms with Crippen molar-refractivity contribution in [3.05, 3.63) is 22.7 Å². The summed E-state index contributed by atoms with van der Waals surface area (Å²) in [7, 11) is 0. The van der Waals surface area contributed by atoms with Gasteiger partial charge in [-0.2, -0.15) is 4.98 Å². The molecule has 4 atom stereocenters. The van der Waals surface area contributed by atoms with Gasteiger partial charge < -0.3 is 20.7 Å². The van der Waals surface area contributed by atoms with E-state index in [1.165, 1.54) is 6.07 Å². The van der Waals surface area contributed by atoms with Gasteiger partial charge in [-0.15, -0.1) is 0 Å². The summed E-state index contributed by atoms with van der Waals surface area (Å²) < 4.78 is 32.4. The number of anilines is 1. The summed E-state index contributed by atoms with van der Waals surface area (Å²) in [6, 6.07) is 1.21. The van der Waals surface area contributed by atoms with Crippen LogP contribution in [0, 0.1) is 0 Å². The highest BCUT2D eigenvalue weighted by molar-refractivity contribution is 5.23. The van der Waals surface area contributed by atoms with Crippen molar-refractivity contribution in [3.8, 4) is 0 Å². The van der Waals surface area contributed by atoms with Crippen molar-refractivity contribution in [2.24, 2.45) is 0 Å². The van der Waals surface area contributed by atoms with Crippen molar-refractivity contribution in [1.82, 2.24) is 9.55 Å². The van der Waals surface area contributed by atoms with Crippen LogP contribution in [0.3, 0.4) is 0 Å². The van der Waals surface area contributed by atoms with Crippen LogP contribution in [0.25, 0.3) is 0 Å². The predicted octanol–water partition coefficient (Wildman–Crippen LogP) is -1.29. The second-order valence-corrected chi connectivity index (χ2v) is 3.89. The third-order valence-electron chi connectivity index (χ3n) is 2.66. The highest BCUT2D eigenvalue weighted by Gasteiger charge is 2.57. The Morgan fingerprint density at radius 2 is 2.33 bits per heavy atom. The first kappa shape index (κ1) is 12.9. The minimum absolute atomic E-state index is 0.0748. The van der Waals surface area contributed by atoms with Crippen molar-refractivity contribution in [3.63, 3.8) is 0 Å². The Bertz CT molecular complexity index is 511. The van der Waals surface area contributed by atoms with E-state index in [1.807, 2.05) is 0 Å². The van der Waals surface area contributed by atoms with Gasteiger partial charge in [0.2, 0.25) is 0 Å². The lowest BCUT2D eigenvalue weighted by atomic mass is 10.1. The van der Waals surface area contributed by atoms with Crippen LogP contribution in [0.15, 0.2) is 17.1 Å². The Morgan fingerprint density at radius 3 is 2.83 bits per heavy atom. The number of aromatic nitrogens is 2. The van der Waals surface area contributed by atoms with E-state index in [0.717, 1.165) is 6.20 Å². The quantitative estimate of drug-likeness (QED) is 0.612. The fourth-order valence-corrected chi connectivity index (χ4v) is 1.70. The average Bonchev–Trinajstić information content (AvgIpc) is 2.55. The molecule has 0 radical (unpaired) electrons. The second kappa shape index (κ2) is 4.26. The lowest BCUT2D eigenvalue weighted by Gasteiger charge is -2.18. The standard InChI is InChI=1S/C9H11F2N3O4/c10-6-5(16)7(18-9(6,11)3-15)14-2-1-4(12)13-8(14)17/h1-2,5-7,15-16H,3H2,(H2,12,13,17)/t5-,6-,7-,9-/m1/s1. The zero-order chi connectivity index (χ0) is 13.5. The lowest BCUT2D eigenvalue weighted by Crippen LogP contribution is -2.39. The smallest absolute Gasteiger partial charge is 0.351 e. The van der Waals surface area contributed by atoms with Gasteiger partial charge in [0.15, 0.2) is 12.4 Å². The maximum atomic E-state index is 13.7. The van der Waals surface area contributed by atoms with Crippen LogP contribution in [0.1, 0.15) is 6.23 Å². The van der Waals surface area contributed by atoms with Gasteiger partial charge in [0.1, 0.15) is 18.5 Å². The molecule has 1 aromatic heterocycles. The van der Waals surface area contributed by atoms with E-state index in [2.05, 4.69) is 9.72 Å². The van der Waals surface area contributed by atoms with Crippen molar-refractivity contribution in [2.75, 3.05) is 12.3 Å². The Hall–Kier alpha value is -1.58. The van der Waals surface area contributed by atoms with Gasteiger partial charge in [-0.25, -0.2) is 13.6 Å². The van der Waals surface area contributed by atoms with Gasteiger partial charge in [0.25, 0.3) is 5.85 Å². The third kappa shape index (κ3) is 1.85. The molecule has 100 valence electrons. The number of aliphatic hydroxyl groups is 2. The number of nitrogens with two attached hydrogens (primary N) is 1. The number of alkyl halides is 2. The number of hydrogen-bond donors (Lipinski definition) is 3.